The number of hydrogen-bond donors (Lipinski definition) is 4. The van der Waals surface area contributed by atoms with E-state index in [9.17, 15) is 14.7 Å². The fourth-order valence-corrected chi connectivity index (χ4v) is 1.92. The number of nitrogens with zero attached hydrogens (tertiary/aromatic N) is 2. The number of phenolic OH excluding ortho intramolecular Hbond substituents is 1. The van der Waals surface area contributed by atoms with Crippen molar-refractivity contribution in [3.8, 4) is 5.75 Å². The van der Waals surface area contributed by atoms with Crippen LogP contribution in [0.3, 0.4) is 0 Å². The molecule has 1 aromatic heterocycles. The number of fused-ring (bicyclic) bond motifs is 1. The predicted octanol–water partition coefficient (Wildman–Crippen LogP) is 0.880. The summed E-state index contributed by atoms with van der Waals surface area (Å²) in [6.07, 6.45) is 1.84. The lowest BCUT2D eigenvalue weighted by Gasteiger charge is -2.01. The van der Waals surface area contributed by atoms with Crippen molar-refractivity contribution in [1.82, 2.24) is 9.78 Å². The second kappa shape index (κ2) is 7.95. The molecule has 0 spiro atoms. The average molecular weight is 321 g/mol. The summed E-state index contributed by atoms with van der Waals surface area (Å²) in [5.41, 5.74) is 7.71. The standard InChI is InChI=1S/C11H15N3O.C4H4O4/c1-7(12)5-10-9-6-8(15)3-4-11(9)14(2)13-10;5-3(6)1-2-4(7)8/h3-4,6-7,15H,5,12H2,1-2H3;1-2H,(H,5,6)(H,7,8). The summed E-state index contributed by atoms with van der Waals surface area (Å²) in [6.45, 7) is 1.95. The van der Waals surface area contributed by atoms with Gasteiger partial charge in [-0.2, -0.15) is 5.10 Å². The minimum absolute atomic E-state index is 0.0745. The molecule has 0 fully saturated rings. The molecule has 0 aliphatic heterocycles. The normalized spacial score (nSPS) is 12.0. The van der Waals surface area contributed by atoms with Crippen LogP contribution in [-0.4, -0.2) is 43.1 Å². The molecule has 0 amide bonds. The van der Waals surface area contributed by atoms with E-state index in [1.807, 2.05) is 24.7 Å². The van der Waals surface area contributed by atoms with Gasteiger partial charge in [0.15, 0.2) is 0 Å². The molecule has 0 radical (unpaired) electrons. The summed E-state index contributed by atoms with van der Waals surface area (Å²) in [5.74, 6) is -2.25. The quantitative estimate of drug-likeness (QED) is 0.613. The van der Waals surface area contributed by atoms with Gasteiger partial charge in [0.1, 0.15) is 5.75 Å². The highest BCUT2D eigenvalue weighted by molar-refractivity contribution is 5.89. The molecule has 5 N–H and O–H groups in total. The highest BCUT2D eigenvalue weighted by Crippen LogP contribution is 2.23. The number of carboxylic acid groups (broad SMARTS) is 2. The van der Waals surface area contributed by atoms with Crippen molar-refractivity contribution in [2.75, 3.05) is 0 Å². The fraction of sp³-hybridized carbons (Fsp3) is 0.267. The Kier molecular flexibility index (Phi) is 6.28. The molecular weight excluding hydrogens is 302 g/mol. The van der Waals surface area contributed by atoms with Crippen LogP contribution < -0.4 is 5.73 Å². The van der Waals surface area contributed by atoms with Crippen molar-refractivity contribution in [1.29, 1.82) is 0 Å². The summed E-state index contributed by atoms with van der Waals surface area (Å²) in [7, 11) is 1.89. The van der Waals surface area contributed by atoms with E-state index >= 15 is 0 Å². The Morgan fingerprint density at radius 1 is 1.30 bits per heavy atom. The van der Waals surface area contributed by atoms with Crippen molar-refractivity contribution in [3.05, 3.63) is 36.0 Å². The highest BCUT2D eigenvalue weighted by Gasteiger charge is 2.10. The number of hydrogen-bond acceptors (Lipinski definition) is 5. The molecule has 0 aliphatic carbocycles. The van der Waals surface area contributed by atoms with Crippen molar-refractivity contribution in [2.45, 2.75) is 19.4 Å². The third-order valence-electron chi connectivity index (χ3n) is 2.79. The van der Waals surface area contributed by atoms with Crippen LogP contribution in [0, 0.1) is 0 Å². The molecule has 0 bridgehead atoms. The van der Waals surface area contributed by atoms with Gasteiger partial charge in [-0.25, -0.2) is 9.59 Å². The van der Waals surface area contributed by atoms with Gasteiger partial charge in [-0.05, 0) is 25.1 Å². The van der Waals surface area contributed by atoms with Crippen molar-refractivity contribution in [3.63, 3.8) is 0 Å². The van der Waals surface area contributed by atoms with Crippen molar-refractivity contribution < 1.29 is 24.9 Å². The zero-order valence-corrected chi connectivity index (χ0v) is 12.8. The Morgan fingerprint density at radius 2 is 1.87 bits per heavy atom. The maximum atomic E-state index is 9.55. The van der Waals surface area contributed by atoms with Gasteiger partial charge in [-0.15, -0.1) is 0 Å². The summed E-state index contributed by atoms with van der Waals surface area (Å²) in [6, 6.07) is 5.34. The average Bonchev–Trinajstić information content (AvgIpc) is 2.72. The smallest absolute Gasteiger partial charge is 0.328 e. The molecule has 8 heteroatoms. The lowest BCUT2D eigenvalue weighted by atomic mass is 10.1. The molecule has 2 aromatic rings. The molecule has 1 unspecified atom stereocenters. The Balaban J connectivity index is 0.000000284. The zero-order valence-electron chi connectivity index (χ0n) is 12.8. The second-order valence-corrected chi connectivity index (χ2v) is 4.96. The van der Waals surface area contributed by atoms with Gasteiger partial charge >= 0.3 is 11.9 Å². The largest absolute Gasteiger partial charge is 0.508 e. The molecule has 1 heterocycles. The van der Waals surface area contributed by atoms with Crippen LogP contribution in [0.2, 0.25) is 0 Å². The van der Waals surface area contributed by atoms with Crippen LogP contribution in [0.15, 0.2) is 30.4 Å². The topological polar surface area (TPSA) is 139 Å². The van der Waals surface area contributed by atoms with Gasteiger partial charge < -0.3 is 21.1 Å². The minimum Gasteiger partial charge on any atom is -0.508 e. The number of phenols is 1. The van der Waals surface area contributed by atoms with Gasteiger partial charge in [-0.1, -0.05) is 0 Å². The summed E-state index contributed by atoms with van der Waals surface area (Å²) >= 11 is 0. The molecular formula is C15H19N3O5. The van der Waals surface area contributed by atoms with Gasteiger partial charge in [0, 0.05) is 37.0 Å². The number of carbonyl (C=O) groups is 2. The second-order valence-electron chi connectivity index (χ2n) is 4.96. The summed E-state index contributed by atoms with van der Waals surface area (Å²) in [4.78, 5) is 19.1. The first kappa shape index (κ1) is 18.2. The van der Waals surface area contributed by atoms with E-state index in [1.54, 1.807) is 12.1 Å². The maximum Gasteiger partial charge on any atom is 0.328 e. The molecule has 0 aliphatic rings. The number of rotatable bonds is 4. The van der Waals surface area contributed by atoms with Gasteiger partial charge in [0.05, 0.1) is 11.2 Å². The SMILES string of the molecule is CC(N)Cc1nn(C)c2ccc(O)cc12.O=C(O)C=CC(=O)O. The van der Waals surface area contributed by atoms with Crippen LogP contribution in [0.1, 0.15) is 12.6 Å². The number of nitrogens with two attached hydrogens (primary N) is 1. The minimum atomic E-state index is -1.26. The molecule has 8 nitrogen and oxygen atoms in total. The van der Waals surface area contributed by atoms with Crippen molar-refractivity contribution in [2.24, 2.45) is 12.8 Å². The molecule has 23 heavy (non-hydrogen) atoms. The van der Waals surface area contributed by atoms with E-state index in [0.29, 0.717) is 12.2 Å². The number of aliphatic carboxylic acids is 2. The lowest BCUT2D eigenvalue weighted by Crippen LogP contribution is -2.18. The number of aromatic hydroxyl groups is 1. The van der Waals surface area contributed by atoms with Crippen LogP contribution in [0.4, 0.5) is 0 Å². The van der Waals surface area contributed by atoms with Crippen LogP contribution in [0.5, 0.6) is 5.75 Å². The molecule has 1 aromatic carbocycles. The Hall–Kier alpha value is -2.87. The Morgan fingerprint density at radius 3 is 2.35 bits per heavy atom. The van der Waals surface area contributed by atoms with Crippen molar-refractivity contribution >= 4 is 22.8 Å². The van der Waals surface area contributed by atoms with E-state index < -0.39 is 11.9 Å². The van der Waals surface area contributed by atoms with E-state index in [0.717, 1.165) is 23.0 Å². The fourth-order valence-electron chi connectivity index (χ4n) is 1.92. The Labute approximate surface area is 132 Å². The summed E-state index contributed by atoms with van der Waals surface area (Å²) in [5, 5.41) is 30.4. The van der Waals surface area contributed by atoms with Gasteiger partial charge in [0.2, 0.25) is 0 Å². The molecule has 1 atom stereocenters. The first-order chi connectivity index (χ1) is 10.7. The number of carboxylic acids is 2. The van der Waals surface area contributed by atoms with E-state index in [-0.39, 0.29) is 11.8 Å². The number of aromatic nitrogens is 2. The number of benzene rings is 1. The van der Waals surface area contributed by atoms with Crippen LogP contribution in [-0.2, 0) is 23.1 Å². The Bertz CT molecular complexity index is 718. The zero-order chi connectivity index (χ0) is 17.6. The lowest BCUT2D eigenvalue weighted by molar-refractivity contribution is -0.134. The van der Waals surface area contributed by atoms with Crippen LogP contribution >= 0.6 is 0 Å². The van der Waals surface area contributed by atoms with E-state index in [1.165, 1.54) is 0 Å². The van der Waals surface area contributed by atoms with Gasteiger partial charge in [-0.3, -0.25) is 4.68 Å². The van der Waals surface area contributed by atoms with E-state index in [2.05, 4.69) is 5.10 Å². The third kappa shape index (κ3) is 5.79. The first-order valence-corrected chi connectivity index (χ1v) is 6.74. The molecule has 0 saturated carbocycles. The predicted molar refractivity (Wildman–Crippen MR) is 84.1 cm³/mol. The number of aryl methyl sites for hydroxylation is 1. The molecule has 124 valence electrons. The molecule has 2 rings (SSSR count). The maximum absolute atomic E-state index is 9.55. The summed E-state index contributed by atoms with van der Waals surface area (Å²) < 4.78 is 1.81. The highest BCUT2D eigenvalue weighted by atomic mass is 16.4. The first-order valence-electron chi connectivity index (χ1n) is 6.74. The van der Waals surface area contributed by atoms with Gasteiger partial charge in [0.25, 0.3) is 0 Å². The third-order valence-corrected chi connectivity index (χ3v) is 2.79. The molecule has 0 saturated heterocycles. The monoisotopic (exact) mass is 321 g/mol. The van der Waals surface area contributed by atoms with E-state index in [4.69, 9.17) is 15.9 Å². The van der Waals surface area contributed by atoms with Crippen LogP contribution in [0.25, 0.3) is 10.9 Å².